The first-order valence-electron chi connectivity index (χ1n) is 5.34. The van der Waals surface area contributed by atoms with E-state index < -0.39 is 60.6 Å². The molecule has 0 spiro atoms. The highest BCUT2D eigenvalue weighted by Crippen LogP contribution is 2.30. The second-order valence-electron chi connectivity index (χ2n) is 4.30. The SMILES string of the molecule is O=C(O)CC(C(=O)O)N1C(=O)CC(O)(CC(=O)O)C1=O. The number of likely N-dealkylation sites (tertiary alicyclic amines) is 1. The van der Waals surface area contributed by atoms with Crippen molar-refractivity contribution in [3.05, 3.63) is 0 Å². The van der Waals surface area contributed by atoms with Crippen molar-refractivity contribution in [2.45, 2.75) is 30.9 Å². The molecule has 1 fully saturated rings. The maximum atomic E-state index is 11.8. The lowest BCUT2D eigenvalue weighted by molar-refractivity contribution is -0.162. The topological polar surface area (TPSA) is 170 Å². The van der Waals surface area contributed by atoms with Crippen LogP contribution >= 0.6 is 0 Å². The monoisotopic (exact) mass is 289 g/mol. The van der Waals surface area contributed by atoms with Crippen LogP contribution in [-0.4, -0.2) is 66.7 Å². The summed E-state index contributed by atoms with van der Waals surface area (Å²) in [5.41, 5.74) is -2.55. The largest absolute Gasteiger partial charge is 0.481 e. The quantitative estimate of drug-likeness (QED) is 0.399. The first kappa shape index (κ1) is 15.6. The van der Waals surface area contributed by atoms with Gasteiger partial charge in [-0.1, -0.05) is 0 Å². The van der Waals surface area contributed by atoms with Crippen LogP contribution in [0.1, 0.15) is 19.3 Å². The Labute approximate surface area is 111 Å². The van der Waals surface area contributed by atoms with Crippen LogP contribution in [0.3, 0.4) is 0 Å². The zero-order valence-electron chi connectivity index (χ0n) is 9.98. The number of amides is 2. The van der Waals surface area contributed by atoms with Crippen LogP contribution in [0.4, 0.5) is 0 Å². The van der Waals surface area contributed by atoms with E-state index in [1.807, 2.05) is 0 Å². The minimum Gasteiger partial charge on any atom is -0.481 e. The van der Waals surface area contributed by atoms with Gasteiger partial charge in [0.15, 0.2) is 5.60 Å². The number of imide groups is 1. The highest BCUT2D eigenvalue weighted by Gasteiger charge is 2.55. The zero-order valence-corrected chi connectivity index (χ0v) is 9.98. The molecule has 1 aliphatic rings. The molecule has 10 heteroatoms. The minimum atomic E-state index is -2.55. The van der Waals surface area contributed by atoms with E-state index in [1.54, 1.807) is 0 Å². The van der Waals surface area contributed by atoms with Crippen LogP contribution in [0, 0.1) is 0 Å². The van der Waals surface area contributed by atoms with Gasteiger partial charge in [-0.05, 0) is 0 Å². The molecule has 0 radical (unpaired) electrons. The van der Waals surface area contributed by atoms with Crippen molar-refractivity contribution in [3.63, 3.8) is 0 Å². The number of carbonyl (C=O) groups is 5. The van der Waals surface area contributed by atoms with Gasteiger partial charge in [0, 0.05) is 0 Å². The number of aliphatic hydroxyl groups is 1. The molecule has 1 saturated heterocycles. The van der Waals surface area contributed by atoms with Crippen molar-refractivity contribution >= 4 is 29.7 Å². The Kier molecular flexibility index (Phi) is 4.08. The summed E-state index contributed by atoms with van der Waals surface area (Å²) in [5.74, 6) is -7.41. The summed E-state index contributed by atoms with van der Waals surface area (Å²) >= 11 is 0. The lowest BCUT2D eigenvalue weighted by Crippen LogP contribution is -2.49. The number of nitrogens with zero attached hydrogens (tertiary/aromatic N) is 1. The van der Waals surface area contributed by atoms with Crippen LogP contribution in [-0.2, 0) is 24.0 Å². The fourth-order valence-corrected chi connectivity index (χ4v) is 1.91. The summed E-state index contributed by atoms with van der Waals surface area (Å²) in [4.78, 5) is 55.6. The number of hydrogen-bond donors (Lipinski definition) is 4. The maximum Gasteiger partial charge on any atom is 0.327 e. The third-order valence-corrected chi connectivity index (χ3v) is 2.74. The molecule has 2 unspecified atom stereocenters. The molecule has 1 rings (SSSR count). The molecule has 0 aromatic carbocycles. The van der Waals surface area contributed by atoms with Crippen molar-refractivity contribution in [2.24, 2.45) is 0 Å². The fourth-order valence-electron chi connectivity index (χ4n) is 1.91. The van der Waals surface area contributed by atoms with Crippen LogP contribution in [0.25, 0.3) is 0 Å². The second-order valence-corrected chi connectivity index (χ2v) is 4.30. The standard InChI is InChI=1S/C10H11NO9/c12-5-2-10(20,3-7(15)16)9(19)11(5)4(8(17)18)1-6(13)14/h4,20H,1-3H2,(H,13,14)(H,15,16)(H,17,18). The molecule has 0 aromatic heterocycles. The predicted octanol–water partition coefficient (Wildman–Crippen LogP) is -2.12. The van der Waals surface area contributed by atoms with Gasteiger partial charge < -0.3 is 20.4 Å². The number of carboxylic acids is 3. The van der Waals surface area contributed by atoms with Crippen LogP contribution in [0.2, 0.25) is 0 Å². The fraction of sp³-hybridized carbons (Fsp3) is 0.500. The lowest BCUT2D eigenvalue weighted by Gasteiger charge is -2.23. The Morgan fingerprint density at radius 1 is 1.15 bits per heavy atom. The summed E-state index contributed by atoms with van der Waals surface area (Å²) in [6, 6.07) is -1.99. The molecule has 10 nitrogen and oxygen atoms in total. The molecule has 0 bridgehead atoms. The lowest BCUT2D eigenvalue weighted by atomic mass is 9.98. The van der Waals surface area contributed by atoms with Gasteiger partial charge in [-0.2, -0.15) is 0 Å². The molecule has 0 aliphatic carbocycles. The molecule has 2 amide bonds. The van der Waals surface area contributed by atoms with Gasteiger partial charge in [-0.15, -0.1) is 0 Å². The summed E-state index contributed by atoms with van der Waals surface area (Å²) in [5, 5.41) is 35.8. The Morgan fingerprint density at radius 2 is 1.70 bits per heavy atom. The summed E-state index contributed by atoms with van der Waals surface area (Å²) in [6.07, 6.45) is -3.02. The Hall–Kier alpha value is -2.49. The van der Waals surface area contributed by atoms with Crippen molar-refractivity contribution in [1.29, 1.82) is 0 Å². The molecule has 20 heavy (non-hydrogen) atoms. The van der Waals surface area contributed by atoms with Gasteiger partial charge in [-0.3, -0.25) is 24.1 Å². The Morgan fingerprint density at radius 3 is 2.10 bits per heavy atom. The average molecular weight is 289 g/mol. The molecule has 1 heterocycles. The van der Waals surface area contributed by atoms with E-state index >= 15 is 0 Å². The summed E-state index contributed by atoms with van der Waals surface area (Å²) in [6.45, 7) is 0. The first-order chi connectivity index (χ1) is 9.08. The first-order valence-corrected chi connectivity index (χ1v) is 5.34. The Bertz CT molecular complexity index is 499. The summed E-state index contributed by atoms with van der Waals surface area (Å²) in [7, 11) is 0. The Balaban J connectivity index is 3.09. The van der Waals surface area contributed by atoms with E-state index in [0.29, 0.717) is 0 Å². The van der Waals surface area contributed by atoms with E-state index in [9.17, 15) is 29.1 Å². The van der Waals surface area contributed by atoms with Gasteiger partial charge >= 0.3 is 17.9 Å². The molecule has 1 aliphatic heterocycles. The number of rotatable bonds is 6. The normalized spacial score (nSPS) is 23.8. The predicted molar refractivity (Wildman–Crippen MR) is 57.3 cm³/mol. The van der Waals surface area contributed by atoms with Gasteiger partial charge in [0.2, 0.25) is 5.91 Å². The molecule has 0 saturated carbocycles. The van der Waals surface area contributed by atoms with Gasteiger partial charge in [-0.25, -0.2) is 4.79 Å². The van der Waals surface area contributed by atoms with E-state index in [1.165, 1.54) is 0 Å². The number of aliphatic carboxylic acids is 3. The summed E-state index contributed by atoms with van der Waals surface area (Å²) < 4.78 is 0. The molecule has 2 atom stereocenters. The maximum absolute atomic E-state index is 11.8. The number of hydrogen-bond acceptors (Lipinski definition) is 6. The third kappa shape index (κ3) is 2.91. The smallest absolute Gasteiger partial charge is 0.327 e. The number of carbonyl (C=O) groups excluding carboxylic acids is 2. The van der Waals surface area contributed by atoms with Crippen molar-refractivity contribution in [1.82, 2.24) is 4.90 Å². The van der Waals surface area contributed by atoms with Crippen molar-refractivity contribution in [3.8, 4) is 0 Å². The average Bonchev–Trinajstić information content (AvgIpc) is 2.45. The van der Waals surface area contributed by atoms with Crippen molar-refractivity contribution < 1.29 is 44.4 Å². The van der Waals surface area contributed by atoms with E-state index in [0.717, 1.165) is 0 Å². The van der Waals surface area contributed by atoms with Crippen molar-refractivity contribution in [2.75, 3.05) is 0 Å². The highest BCUT2D eigenvalue weighted by molar-refractivity contribution is 6.11. The van der Waals surface area contributed by atoms with Gasteiger partial charge in [0.25, 0.3) is 5.91 Å². The van der Waals surface area contributed by atoms with Gasteiger partial charge in [0.05, 0.1) is 19.3 Å². The minimum absolute atomic E-state index is 0.0966. The molecular formula is C10H11NO9. The molecule has 110 valence electrons. The van der Waals surface area contributed by atoms with E-state index in [4.69, 9.17) is 15.3 Å². The number of carboxylic acid groups (broad SMARTS) is 3. The van der Waals surface area contributed by atoms with Crippen LogP contribution in [0.5, 0.6) is 0 Å². The van der Waals surface area contributed by atoms with Crippen LogP contribution in [0.15, 0.2) is 0 Å². The van der Waals surface area contributed by atoms with E-state index in [-0.39, 0.29) is 4.90 Å². The van der Waals surface area contributed by atoms with Gasteiger partial charge in [0.1, 0.15) is 6.04 Å². The third-order valence-electron chi connectivity index (χ3n) is 2.74. The molecule has 4 N–H and O–H groups in total. The zero-order chi connectivity index (χ0) is 15.7. The molecule has 0 aromatic rings. The van der Waals surface area contributed by atoms with E-state index in [2.05, 4.69) is 0 Å². The second kappa shape index (κ2) is 5.25. The van der Waals surface area contributed by atoms with Crippen LogP contribution < -0.4 is 0 Å². The molecular weight excluding hydrogens is 278 g/mol. The highest BCUT2D eigenvalue weighted by atomic mass is 16.4.